The smallest absolute Gasteiger partial charge is 0.174 e. The van der Waals surface area contributed by atoms with Crippen molar-refractivity contribution in [3.8, 4) is 0 Å². The summed E-state index contributed by atoms with van der Waals surface area (Å²) in [7, 11) is 0.0123. The lowest BCUT2D eigenvalue weighted by atomic mass is 11.0. The van der Waals surface area contributed by atoms with Crippen molar-refractivity contribution >= 4 is 44.9 Å². The van der Waals surface area contributed by atoms with Crippen LogP contribution < -0.4 is 0 Å². The highest BCUT2D eigenvalue weighted by molar-refractivity contribution is 7.27. The maximum absolute atomic E-state index is 9.47. The highest BCUT2D eigenvalue weighted by atomic mass is 35.5. The molecule has 0 bridgehead atoms. The average molecular weight is 183 g/mol. The number of rotatable bonds is 1. The Morgan fingerprint density at radius 3 is 1.71 bits per heavy atom. The Hall–Kier alpha value is 0.970. The summed E-state index contributed by atoms with van der Waals surface area (Å²) in [6, 6.07) is 0. The van der Waals surface area contributed by atoms with Gasteiger partial charge in [0, 0.05) is 0 Å². The Kier molecular flexibility index (Phi) is 22.5. The van der Waals surface area contributed by atoms with E-state index in [9.17, 15) is 4.57 Å². The van der Waals surface area contributed by atoms with Crippen LogP contribution in [0.5, 0.6) is 0 Å². The molecule has 1 nitrogen and oxygen atoms in total. The van der Waals surface area contributed by atoms with Crippen LogP contribution in [0.4, 0.5) is 0 Å². The van der Waals surface area contributed by atoms with Crippen LogP contribution in [0, 0.1) is 0 Å². The normalized spacial score (nSPS) is 11.1. The Bertz CT molecular complexity index is 39.9. The molecule has 0 fully saturated rings. The second kappa shape index (κ2) is 10.1. The molecule has 0 heterocycles. The molecule has 0 aliphatic heterocycles. The lowest BCUT2D eigenvalue weighted by molar-refractivity contribution is 0.598. The number of halogens is 3. The minimum atomic E-state index is -0.227. The van der Waals surface area contributed by atoms with Crippen molar-refractivity contribution in [1.29, 1.82) is 0 Å². The fraction of sp³-hybridized carbons (Fsp3) is 1.00. The Balaban J connectivity index is -0.0000000800. The largest absolute Gasteiger partial charge is 0.273 e. The summed E-state index contributed by atoms with van der Waals surface area (Å²) in [6.45, 7) is 1.66. The Labute approximate surface area is 61.8 Å². The van der Waals surface area contributed by atoms with Crippen molar-refractivity contribution in [3.05, 3.63) is 0 Å². The van der Waals surface area contributed by atoms with Gasteiger partial charge in [0.05, 0.1) is 0 Å². The van der Waals surface area contributed by atoms with E-state index < -0.39 is 0 Å². The van der Waals surface area contributed by atoms with Crippen LogP contribution in [-0.4, -0.2) is 5.12 Å². The molecule has 0 rings (SSSR count). The molecule has 1 atom stereocenters. The van der Waals surface area contributed by atoms with Gasteiger partial charge in [-0.3, -0.25) is 4.57 Å². The first-order valence-electron chi connectivity index (χ1n) is 1.24. The van der Waals surface area contributed by atoms with Crippen molar-refractivity contribution in [3.63, 3.8) is 0 Å². The van der Waals surface area contributed by atoms with Crippen LogP contribution >= 0.6 is 44.9 Å². The molecule has 5 heteroatoms. The van der Waals surface area contributed by atoms with E-state index in [-0.39, 0.29) is 38.4 Å². The van der Waals surface area contributed by atoms with Gasteiger partial charge in [0.1, 0.15) is 5.12 Å². The van der Waals surface area contributed by atoms with Gasteiger partial charge >= 0.3 is 0 Å². The summed E-state index contributed by atoms with van der Waals surface area (Å²) in [5, 5.41) is -0.227. The Morgan fingerprint density at radius 2 is 1.71 bits per heavy atom. The molecule has 0 spiro atoms. The summed E-state index contributed by atoms with van der Waals surface area (Å²) in [4.78, 5) is 0. The molecular formula is C2H6Cl3OP. The number of hydrogen-bond acceptors (Lipinski definition) is 1. The van der Waals surface area contributed by atoms with E-state index in [1.165, 1.54) is 0 Å². The molecule has 0 N–H and O–H groups in total. The van der Waals surface area contributed by atoms with Crippen LogP contribution in [-0.2, 0) is 4.57 Å². The number of hydrogen-bond donors (Lipinski definition) is 0. The molecule has 7 heavy (non-hydrogen) atoms. The third kappa shape index (κ3) is 19.5. The van der Waals surface area contributed by atoms with E-state index in [1.807, 2.05) is 0 Å². The topological polar surface area (TPSA) is 17.1 Å². The monoisotopic (exact) mass is 182 g/mol. The first kappa shape index (κ1) is 15.7. The minimum Gasteiger partial charge on any atom is -0.273 e. The fourth-order valence-corrected chi connectivity index (χ4v) is 0. The highest BCUT2D eigenvalue weighted by Crippen LogP contribution is 2.07. The summed E-state index contributed by atoms with van der Waals surface area (Å²) in [5.74, 6) is 0. The van der Waals surface area contributed by atoms with Gasteiger partial charge < -0.3 is 0 Å². The molecule has 0 aromatic rings. The van der Waals surface area contributed by atoms with Crippen LogP contribution in [0.3, 0.4) is 0 Å². The van der Waals surface area contributed by atoms with Crippen molar-refractivity contribution in [2.24, 2.45) is 0 Å². The van der Waals surface area contributed by atoms with Gasteiger partial charge in [-0.25, -0.2) is 0 Å². The van der Waals surface area contributed by atoms with Crippen LogP contribution in [0.2, 0.25) is 0 Å². The van der Waals surface area contributed by atoms with E-state index in [0.29, 0.717) is 0 Å². The van der Waals surface area contributed by atoms with Gasteiger partial charge in [-0.1, -0.05) is 0 Å². The zero-order valence-electron chi connectivity index (χ0n) is 3.63. The van der Waals surface area contributed by atoms with Crippen molar-refractivity contribution in [2.45, 2.75) is 12.0 Å². The molecule has 0 amide bonds. The number of alkyl halides is 1. The maximum Gasteiger partial charge on any atom is 0.174 e. The first-order valence-corrected chi connectivity index (χ1v) is 2.55. The van der Waals surface area contributed by atoms with Crippen molar-refractivity contribution < 1.29 is 4.57 Å². The van der Waals surface area contributed by atoms with E-state index in [1.54, 1.807) is 6.92 Å². The van der Waals surface area contributed by atoms with Gasteiger partial charge in [0.25, 0.3) is 0 Å². The van der Waals surface area contributed by atoms with E-state index >= 15 is 0 Å². The fourth-order valence-electron chi connectivity index (χ4n) is 0. The van der Waals surface area contributed by atoms with Gasteiger partial charge in [-0.2, -0.15) is 0 Å². The second-order valence-electron chi connectivity index (χ2n) is 0.679. The van der Waals surface area contributed by atoms with Gasteiger partial charge in [-0.05, 0) is 6.92 Å². The SMILES string of the molecule is CC(Cl)P=O.Cl.Cl. The minimum absolute atomic E-state index is 0. The molecule has 0 saturated carbocycles. The van der Waals surface area contributed by atoms with Crippen LogP contribution in [0.25, 0.3) is 0 Å². The lowest BCUT2D eigenvalue weighted by Crippen LogP contribution is -1.65. The molecule has 0 aromatic carbocycles. The molecule has 0 saturated heterocycles. The first-order chi connectivity index (χ1) is 2.27. The van der Waals surface area contributed by atoms with E-state index in [4.69, 9.17) is 11.6 Å². The second-order valence-corrected chi connectivity index (χ2v) is 2.62. The quantitative estimate of drug-likeness (QED) is 0.451. The predicted molar refractivity (Wildman–Crippen MR) is 37.4 cm³/mol. The van der Waals surface area contributed by atoms with Gasteiger partial charge in [-0.15, -0.1) is 36.4 Å². The lowest BCUT2D eigenvalue weighted by Gasteiger charge is -1.73. The highest BCUT2D eigenvalue weighted by Gasteiger charge is 1.85. The summed E-state index contributed by atoms with van der Waals surface area (Å²) in [5.41, 5.74) is 0. The molecule has 0 aliphatic rings. The Morgan fingerprint density at radius 1 is 1.57 bits per heavy atom. The summed E-state index contributed by atoms with van der Waals surface area (Å²) < 4.78 is 9.47. The molecule has 46 valence electrons. The van der Waals surface area contributed by atoms with Crippen molar-refractivity contribution in [1.82, 2.24) is 0 Å². The molecular weight excluding hydrogens is 177 g/mol. The standard InChI is InChI=1S/C2H4ClOP.2ClH/c1-2(3)5-4;;/h2H,1H3;2*1H. The molecule has 0 radical (unpaired) electrons. The van der Waals surface area contributed by atoms with Gasteiger partial charge in [0.2, 0.25) is 0 Å². The van der Waals surface area contributed by atoms with Crippen molar-refractivity contribution in [2.75, 3.05) is 0 Å². The zero-order valence-corrected chi connectivity index (χ0v) is 6.91. The third-order valence-corrected chi connectivity index (χ3v) is 0.675. The predicted octanol–water partition coefficient (Wildman–Crippen LogP) is 2.71. The van der Waals surface area contributed by atoms with Gasteiger partial charge in [0.15, 0.2) is 8.46 Å². The van der Waals surface area contributed by atoms with E-state index in [0.717, 1.165) is 0 Å². The summed E-state index contributed by atoms with van der Waals surface area (Å²) in [6.07, 6.45) is 0. The average Bonchev–Trinajstić information content (AvgIpc) is 1.38. The van der Waals surface area contributed by atoms with E-state index in [2.05, 4.69) is 0 Å². The third-order valence-electron chi connectivity index (χ3n) is 0.145. The zero-order chi connectivity index (χ0) is 4.28. The van der Waals surface area contributed by atoms with Crippen LogP contribution in [0.1, 0.15) is 6.92 Å². The molecule has 0 aromatic heterocycles. The molecule has 1 unspecified atom stereocenters. The summed E-state index contributed by atoms with van der Waals surface area (Å²) >= 11 is 5.14. The maximum atomic E-state index is 9.47. The van der Waals surface area contributed by atoms with Crippen LogP contribution in [0.15, 0.2) is 0 Å². The molecule has 0 aliphatic carbocycles.